The van der Waals surface area contributed by atoms with Crippen LogP contribution >= 0.6 is 0 Å². The number of oxime groups is 2. The Hall–Kier alpha value is -3.47. The molecule has 0 atom stereocenters. The van der Waals surface area contributed by atoms with Crippen LogP contribution in [0.4, 0.5) is 0 Å². The summed E-state index contributed by atoms with van der Waals surface area (Å²) in [5.74, 6) is 0.153. The first-order valence-corrected chi connectivity index (χ1v) is 7.32. The molecule has 0 bridgehead atoms. The lowest BCUT2D eigenvalue weighted by molar-refractivity contribution is 0.0517. The van der Waals surface area contributed by atoms with Gasteiger partial charge in [0.05, 0.1) is 5.56 Å². The van der Waals surface area contributed by atoms with E-state index in [4.69, 9.17) is 9.68 Å². The summed E-state index contributed by atoms with van der Waals surface area (Å²) in [5, 5.41) is 7.82. The van der Waals surface area contributed by atoms with Crippen LogP contribution in [0.15, 0.2) is 95.3 Å². The summed E-state index contributed by atoms with van der Waals surface area (Å²) in [6, 6.07) is 18.0. The van der Waals surface area contributed by atoms with Crippen molar-refractivity contribution in [1.82, 2.24) is 0 Å². The zero-order valence-electron chi connectivity index (χ0n) is 12.7. The molecule has 0 saturated carbocycles. The molecule has 0 spiro atoms. The van der Waals surface area contributed by atoms with E-state index < -0.39 is 5.97 Å². The first-order chi connectivity index (χ1) is 11.8. The molecular weight excluding hydrogens is 304 g/mol. The lowest BCUT2D eigenvalue weighted by Crippen LogP contribution is -2.05. The Bertz CT molecular complexity index is 804. The molecule has 0 amide bonds. The van der Waals surface area contributed by atoms with Gasteiger partial charge in [0.25, 0.3) is 0 Å². The molecule has 0 N–H and O–H groups in total. The third kappa shape index (κ3) is 4.27. The van der Waals surface area contributed by atoms with Crippen LogP contribution < -0.4 is 4.84 Å². The molecule has 0 saturated heterocycles. The van der Waals surface area contributed by atoms with Gasteiger partial charge < -0.3 is 9.68 Å². The molecule has 2 aromatic carbocycles. The fraction of sp³-hybridized carbons (Fsp3) is 0. The maximum atomic E-state index is 11.8. The zero-order chi connectivity index (χ0) is 16.6. The second kappa shape index (κ2) is 7.69. The minimum Gasteiger partial charge on any atom is -0.356 e. The molecule has 2 aromatic rings. The topological polar surface area (TPSA) is 60.2 Å². The van der Waals surface area contributed by atoms with Crippen LogP contribution in [0, 0.1) is 0 Å². The molecule has 0 aromatic heterocycles. The quantitative estimate of drug-likeness (QED) is 0.490. The normalized spacial score (nSPS) is 12.7. The SMILES string of the molecule is O=C(ON=C1C=CC(=NOc2ccccc2)C=C1)c1ccccc1. The Labute approximate surface area is 139 Å². The Morgan fingerprint density at radius 3 is 1.88 bits per heavy atom. The van der Waals surface area contributed by atoms with Crippen molar-refractivity contribution >= 4 is 17.4 Å². The molecule has 1 aliphatic rings. The minimum absolute atomic E-state index is 0.448. The second-order valence-electron chi connectivity index (χ2n) is 4.85. The lowest BCUT2D eigenvalue weighted by Gasteiger charge is -2.03. The van der Waals surface area contributed by atoms with Gasteiger partial charge in [0.15, 0.2) is 5.75 Å². The van der Waals surface area contributed by atoms with E-state index in [1.165, 1.54) is 0 Å². The number of benzene rings is 2. The van der Waals surface area contributed by atoms with Crippen LogP contribution in [0.5, 0.6) is 5.75 Å². The second-order valence-corrected chi connectivity index (χ2v) is 4.85. The highest BCUT2D eigenvalue weighted by molar-refractivity contribution is 6.18. The van der Waals surface area contributed by atoms with Crippen molar-refractivity contribution in [3.63, 3.8) is 0 Å². The van der Waals surface area contributed by atoms with Crippen molar-refractivity contribution in [3.05, 3.63) is 90.5 Å². The van der Waals surface area contributed by atoms with Crippen molar-refractivity contribution in [2.75, 3.05) is 0 Å². The molecule has 0 heterocycles. The summed E-state index contributed by atoms with van der Waals surface area (Å²) in [6.07, 6.45) is 6.81. The van der Waals surface area contributed by atoms with Crippen molar-refractivity contribution in [1.29, 1.82) is 0 Å². The molecule has 1 aliphatic carbocycles. The van der Waals surface area contributed by atoms with Crippen molar-refractivity contribution < 1.29 is 14.5 Å². The highest BCUT2D eigenvalue weighted by atomic mass is 16.7. The number of allylic oxidation sites excluding steroid dienone is 4. The monoisotopic (exact) mass is 318 g/mol. The molecule has 0 fully saturated rings. The van der Waals surface area contributed by atoms with E-state index in [2.05, 4.69) is 10.3 Å². The Kier molecular flexibility index (Phi) is 4.94. The van der Waals surface area contributed by atoms with Crippen LogP contribution in [-0.4, -0.2) is 17.4 Å². The van der Waals surface area contributed by atoms with Gasteiger partial charge in [-0.15, -0.1) is 0 Å². The maximum absolute atomic E-state index is 11.8. The van der Waals surface area contributed by atoms with E-state index in [-0.39, 0.29) is 0 Å². The number of nitrogens with zero attached hydrogens (tertiary/aromatic N) is 2. The van der Waals surface area contributed by atoms with E-state index in [0.29, 0.717) is 22.7 Å². The average molecular weight is 318 g/mol. The predicted octanol–water partition coefficient (Wildman–Crippen LogP) is 3.76. The number of carbonyl (C=O) groups excluding carboxylic acids is 1. The van der Waals surface area contributed by atoms with E-state index in [1.807, 2.05) is 36.4 Å². The summed E-state index contributed by atoms with van der Waals surface area (Å²) < 4.78 is 0. The Morgan fingerprint density at radius 2 is 1.25 bits per heavy atom. The highest BCUT2D eigenvalue weighted by Crippen LogP contribution is 2.09. The fourth-order valence-electron chi connectivity index (χ4n) is 1.88. The van der Waals surface area contributed by atoms with Gasteiger partial charge in [-0.3, -0.25) is 0 Å². The Morgan fingerprint density at radius 1 is 0.708 bits per heavy atom. The highest BCUT2D eigenvalue weighted by Gasteiger charge is 2.07. The Balaban J connectivity index is 1.57. The van der Waals surface area contributed by atoms with Crippen LogP contribution in [0.25, 0.3) is 0 Å². The minimum atomic E-state index is -0.503. The predicted molar refractivity (Wildman–Crippen MR) is 92.1 cm³/mol. The molecule has 0 aliphatic heterocycles. The summed E-state index contributed by atoms with van der Waals surface area (Å²) in [4.78, 5) is 22.0. The first kappa shape index (κ1) is 15.4. The van der Waals surface area contributed by atoms with E-state index in [9.17, 15) is 4.79 Å². The van der Waals surface area contributed by atoms with Crippen LogP contribution in [-0.2, 0) is 4.84 Å². The number of carbonyl (C=O) groups is 1. The summed E-state index contributed by atoms with van der Waals surface area (Å²) >= 11 is 0. The maximum Gasteiger partial charge on any atom is 0.365 e. The van der Waals surface area contributed by atoms with E-state index >= 15 is 0 Å². The molecular formula is C19H14N2O3. The molecule has 24 heavy (non-hydrogen) atoms. The fourth-order valence-corrected chi connectivity index (χ4v) is 1.88. The van der Waals surface area contributed by atoms with Crippen molar-refractivity contribution in [2.45, 2.75) is 0 Å². The summed E-state index contributed by atoms with van der Waals surface area (Å²) in [7, 11) is 0. The molecule has 118 valence electrons. The summed E-state index contributed by atoms with van der Waals surface area (Å²) in [5.41, 5.74) is 1.59. The molecule has 5 nitrogen and oxygen atoms in total. The molecule has 0 radical (unpaired) electrons. The first-order valence-electron chi connectivity index (χ1n) is 7.32. The number of hydrogen-bond acceptors (Lipinski definition) is 5. The van der Waals surface area contributed by atoms with Gasteiger partial charge in [-0.25, -0.2) is 4.79 Å². The smallest absolute Gasteiger partial charge is 0.356 e. The average Bonchev–Trinajstić information content (AvgIpc) is 2.67. The van der Waals surface area contributed by atoms with Crippen molar-refractivity contribution in [2.24, 2.45) is 10.3 Å². The number of para-hydroxylation sites is 1. The summed E-state index contributed by atoms with van der Waals surface area (Å²) in [6.45, 7) is 0. The third-order valence-corrected chi connectivity index (χ3v) is 3.09. The third-order valence-electron chi connectivity index (χ3n) is 3.09. The van der Waals surface area contributed by atoms with Crippen LogP contribution in [0.1, 0.15) is 10.4 Å². The van der Waals surface area contributed by atoms with Gasteiger partial charge in [-0.1, -0.05) is 46.7 Å². The number of rotatable bonds is 4. The molecule has 0 unspecified atom stereocenters. The molecule has 3 rings (SSSR count). The van der Waals surface area contributed by atoms with Gasteiger partial charge in [-0.05, 0) is 48.6 Å². The van der Waals surface area contributed by atoms with Crippen LogP contribution in [0.2, 0.25) is 0 Å². The largest absolute Gasteiger partial charge is 0.365 e. The van der Waals surface area contributed by atoms with Gasteiger partial charge in [0.2, 0.25) is 0 Å². The van der Waals surface area contributed by atoms with Gasteiger partial charge in [0.1, 0.15) is 11.4 Å². The van der Waals surface area contributed by atoms with E-state index in [1.54, 1.807) is 48.6 Å². The zero-order valence-corrected chi connectivity index (χ0v) is 12.7. The van der Waals surface area contributed by atoms with Gasteiger partial charge >= 0.3 is 5.97 Å². The van der Waals surface area contributed by atoms with E-state index in [0.717, 1.165) is 0 Å². The van der Waals surface area contributed by atoms with Gasteiger partial charge in [0, 0.05) is 0 Å². The van der Waals surface area contributed by atoms with Crippen molar-refractivity contribution in [3.8, 4) is 5.75 Å². The van der Waals surface area contributed by atoms with Crippen LogP contribution in [0.3, 0.4) is 0 Å². The standard InChI is InChI=1S/C19H14N2O3/c22-19(15-7-3-1-4-8-15)24-21-17-13-11-16(12-14-17)20-23-18-9-5-2-6-10-18/h1-14H. The number of hydrogen-bond donors (Lipinski definition) is 0. The van der Waals surface area contributed by atoms with Gasteiger partial charge in [-0.2, -0.15) is 0 Å². The molecule has 5 heteroatoms. The lowest BCUT2D eigenvalue weighted by atomic mass is 10.1.